The van der Waals surface area contributed by atoms with E-state index >= 15 is 0 Å². The number of hydrogen-bond acceptors (Lipinski definition) is 4. The molecule has 0 radical (unpaired) electrons. The lowest BCUT2D eigenvalue weighted by Crippen LogP contribution is -2.39. The van der Waals surface area contributed by atoms with Crippen molar-refractivity contribution in [1.82, 2.24) is 10.2 Å². The summed E-state index contributed by atoms with van der Waals surface area (Å²) in [7, 11) is 1.63. The monoisotopic (exact) mass is 255 g/mol. The van der Waals surface area contributed by atoms with Crippen LogP contribution in [0.3, 0.4) is 0 Å². The minimum absolute atomic E-state index is 0.0182. The van der Waals surface area contributed by atoms with Crippen LogP contribution in [0.1, 0.15) is 26.7 Å². The fourth-order valence-corrected chi connectivity index (χ4v) is 1.46. The van der Waals surface area contributed by atoms with Crippen molar-refractivity contribution in [2.45, 2.75) is 26.7 Å². The van der Waals surface area contributed by atoms with Crippen LogP contribution in [0, 0.1) is 17.2 Å². The molecule has 0 fully saturated rings. The third-order valence-corrected chi connectivity index (χ3v) is 2.56. The normalized spacial score (nSPS) is 10.7. The highest BCUT2D eigenvalue weighted by Crippen LogP contribution is 1.97. The fraction of sp³-hybridized carbons (Fsp3) is 0.846. The second-order valence-electron chi connectivity index (χ2n) is 4.71. The molecule has 104 valence electrons. The molecule has 0 aliphatic heterocycles. The Morgan fingerprint density at radius 3 is 2.72 bits per heavy atom. The summed E-state index contributed by atoms with van der Waals surface area (Å²) in [5.41, 5.74) is 0. The van der Waals surface area contributed by atoms with Crippen molar-refractivity contribution in [3.63, 3.8) is 0 Å². The summed E-state index contributed by atoms with van der Waals surface area (Å²) in [6, 6.07) is 2.09. The lowest BCUT2D eigenvalue weighted by molar-refractivity contribution is -0.122. The first kappa shape index (κ1) is 16.9. The van der Waals surface area contributed by atoms with Crippen molar-refractivity contribution in [2.75, 3.05) is 39.9 Å². The minimum Gasteiger partial charge on any atom is -0.383 e. The van der Waals surface area contributed by atoms with Crippen LogP contribution in [0.4, 0.5) is 0 Å². The third kappa shape index (κ3) is 10.1. The topological polar surface area (TPSA) is 65.4 Å². The molecule has 1 amide bonds. The Morgan fingerprint density at radius 1 is 1.44 bits per heavy atom. The van der Waals surface area contributed by atoms with Crippen LogP contribution in [-0.2, 0) is 9.53 Å². The first-order valence-corrected chi connectivity index (χ1v) is 6.45. The first-order chi connectivity index (χ1) is 8.60. The standard InChI is InChI=1S/C13H25N3O2/c1-12(2)5-7-15-13(17)11-16(8-4-6-14)9-10-18-3/h12H,4-5,7-11H2,1-3H3,(H,15,17). The number of amides is 1. The summed E-state index contributed by atoms with van der Waals surface area (Å²) in [5, 5.41) is 11.5. The molecule has 0 aliphatic carbocycles. The molecule has 0 atom stereocenters. The number of nitriles is 1. The van der Waals surface area contributed by atoms with Gasteiger partial charge in [0.1, 0.15) is 0 Å². The molecule has 0 heterocycles. The van der Waals surface area contributed by atoms with Crippen molar-refractivity contribution in [3.05, 3.63) is 0 Å². The maximum atomic E-state index is 11.7. The van der Waals surface area contributed by atoms with Crippen LogP contribution in [0.2, 0.25) is 0 Å². The molecular weight excluding hydrogens is 230 g/mol. The predicted molar refractivity (Wildman–Crippen MR) is 71.0 cm³/mol. The average molecular weight is 255 g/mol. The maximum Gasteiger partial charge on any atom is 0.234 e. The lowest BCUT2D eigenvalue weighted by atomic mass is 10.1. The molecule has 0 unspecified atom stereocenters. The second kappa shape index (κ2) is 11.0. The fourth-order valence-electron chi connectivity index (χ4n) is 1.46. The van der Waals surface area contributed by atoms with Gasteiger partial charge in [-0.15, -0.1) is 0 Å². The quantitative estimate of drug-likeness (QED) is 0.633. The van der Waals surface area contributed by atoms with E-state index < -0.39 is 0 Å². The zero-order valence-corrected chi connectivity index (χ0v) is 11.7. The second-order valence-corrected chi connectivity index (χ2v) is 4.71. The number of nitrogens with zero attached hydrogens (tertiary/aromatic N) is 2. The molecule has 0 saturated heterocycles. The zero-order valence-electron chi connectivity index (χ0n) is 11.7. The molecule has 5 nitrogen and oxygen atoms in total. The lowest BCUT2D eigenvalue weighted by Gasteiger charge is -2.20. The van der Waals surface area contributed by atoms with E-state index in [-0.39, 0.29) is 5.91 Å². The molecule has 18 heavy (non-hydrogen) atoms. The first-order valence-electron chi connectivity index (χ1n) is 6.45. The van der Waals surface area contributed by atoms with Gasteiger partial charge in [-0.2, -0.15) is 5.26 Å². The Kier molecular flexibility index (Phi) is 10.3. The summed E-state index contributed by atoms with van der Waals surface area (Å²) in [6.45, 7) is 7.17. The van der Waals surface area contributed by atoms with E-state index in [9.17, 15) is 4.79 Å². The van der Waals surface area contributed by atoms with E-state index in [1.165, 1.54) is 0 Å². The van der Waals surface area contributed by atoms with Crippen molar-refractivity contribution in [2.24, 2.45) is 5.92 Å². The van der Waals surface area contributed by atoms with Crippen molar-refractivity contribution < 1.29 is 9.53 Å². The molecule has 0 aromatic rings. The molecule has 0 saturated carbocycles. The van der Waals surface area contributed by atoms with Gasteiger partial charge in [-0.3, -0.25) is 9.69 Å². The van der Waals surface area contributed by atoms with Gasteiger partial charge >= 0.3 is 0 Å². The van der Waals surface area contributed by atoms with Gasteiger partial charge in [0.2, 0.25) is 5.91 Å². The van der Waals surface area contributed by atoms with Gasteiger partial charge in [-0.05, 0) is 12.3 Å². The highest BCUT2D eigenvalue weighted by Gasteiger charge is 2.10. The molecule has 0 aromatic carbocycles. The summed E-state index contributed by atoms with van der Waals surface area (Å²) in [5.74, 6) is 0.609. The van der Waals surface area contributed by atoms with Gasteiger partial charge in [-0.25, -0.2) is 0 Å². The Labute approximate surface area is 110 Å². The molecule has 0 rings (SSSR count). The van der Waals surface area contributed by atoms with Gasteiger partial charge in [0.15, 0.2) is 0 Å². The van der Waals surface area contributed by atoms with Gasteiger partial charge in [0.25, 0.3) is 0 Å². The van der Waals surface area contributed by atoms with E-state index in [0.29, 0.717) is 45.1 Å². The summed E-state index contributed by atoms with van der Waals surface area (Å²) >= 11 is 0. The Hall–Kier alpha value is -1.12. The largest absolute Gasteiger partial charge is 0.383 e. The van der Waals surface area contributed by atoms with E-state index in [1.54, 1.807) is 7.11 Å². The van der Waals surface area contributed by atoms with Crippen molar-refractivity contribution in [1.29, 1.82) is 5.26 Å². The molecule has 5 heteroatoms. The molecular formula is C13H25N3O2. The van der Waals surface area contributed by atoms with Crippen molar-refractivity contribution >= 4 is 5.91 Å². The van der Waals surface area contributed by atoms with E-state index in [0.717, 1.165) is 6.42 Å². The summed E-state index contributed by atoms with van der Waals surface area (Å²) in [4.78, 5) is 13.6. The van der Waals surface area contributed by atoms with Crippen LogP contribution in [0.25, 0.3) is 0 Å². The highest BCUT2D eigenvalue weighted by molar-refractivity contribution is 5.77. The van der Waals surface area contributed by atoms with Gasteiger partial charge in [0.05, 0.1) is 19.2 Å². The molecule has 0 spiro atoms. The molecule has 0 aromatic heterocycles. The van der Waals surface area contributed by atoms with Crippen LogP contribution in [0.15, 0.2) is 0 Å². The number of carbonyl (C=O) groups excluding carboxylic acids is 1. The molecule has 0 bridgehead atoms. The maximum absolute atomic E-state index is 11.7. The van der Waals surface area contributed by atoms with E-state index in [2.05, 4.69) is 25.2 Å². The molecule has 1 N–H and O–H groups in total. The highest BCUT2D eigenvalue weighted by atomic mass is 16.5. The summed E-state index contributed by atoms with van der Waals surface area (Å²) < 4.78 is 4.99. The van der Waals surface area contributed by atoms with Crippen LogP contribution < -0.4 is 5.32 Å². The van der Waals surface area contributed by atoms with Gasteiger partial charge in [-0.1, -0.05) is 13.8 Å². The summed E-state index contributed by atoms with van der Waals surface area (Å²) in [6.07, 6.45) is 1.42. The average Bonchev–Trinajstić information content (AvgIpc) is 2.32. The number of nitrogens with one attached hydrogen (secondary N) is 1. The smallest absolute Gasteiger partial charge is 0.234 e. The van der Waals surface area contributed by atoms with E-state index in [1.807, 2.05) is 4.90 Å². The predicted octanol–water partition coefficient (Wildman–Crippen LogP) is 1.01. The van der Waals surface area contributed by atoms with E-state index in [4.69, 9.17) is 10.00 Å². The SMILES string of the molecule is COCCN(CCC#N)CC(=O)NCCC(C)C. The Bertz CT molecular complexity index is 261. The molecule has 0 aliphatic rings. The number of hydrogen-bond donors (Lipinski definition) is 1. The van der Waals surface area contributed by atoms with Gasteiger partial charge < -0.3 is 10.1 Å². The Morgan fingerprint density at radius 2 is 2.17 bits per heavy atom. The third-order valence-electron chi connectivity index (χ3n) is 2.56. The van der Waals surface area contributed by atoms with Crippen LogP contribution in [0.5, 0.6) is 0 Å². The minimum atomic E-state index is 0.0182. The zero-order chi connectivity index (χ0) is 13.8. The number of carbonyl (C=O) groups is 1. The number of ether oxygens (including phenoxy) is 1. The van der Waals surface area contributed by atoms with Crippen LogP contribution in [-0.4, -0.2) is 50.7 Å². The van der Waals surface area contributed by atoms with Crippen LogP contribution >= 0.6 is 0 Å². The Balaban J connectivity index is 3.89. The van der Waals surface area contributed by atoms with Gasteiger partial charge in [0, 0.05) is 33.2 Å². The number of rotatable bonds is 10. The number of methoxy groups -OCH3 is 1. The van der Waals surface area contributed by atoms with Crippen molar-refractivity contribution in [3.8, 4) is 6.07 Å².